The predicted octanol–water partition coefficient (Wildman–Crippen LogP) is 1.19. The lowest BCUT2D eigenvalue weighted by molar-refractivity contribution is 0.298. The highest BCUT2D eigenvalue weighted by Crippen LogP contribution is 2.13. The molecule has 0 radical (unpaired) electrons. The second kappa shape index (κ2) is 4.91. The normalized spacial score (nSPS) is 20.0. The van der Waals surface area contributed by atoms with Crippen LogP contribution in [-0.2, 0) is 0 Å². The third-order valence-electron chi connectivity index (χ3n) is 1.86. The number of halogens is 1. The minimum Gasteiger partial charge on any atom is -0.318 e. The van der Waals surface area contributed by atoms with E-state index in [4.69, 9.17) is 0 Å². The van der Waals surface area contributed by atoms with E-state index in [0.29, 0.717) is 0 Å². The fourth-order valence-corrected chi connectivity index (χ4v) is 1.81. The van der Waals surface area contributed by atoms with Gasteiger partial charge in [0.25, 0.3) is 0 Å². The Kier molecular flexibility index (Phi) is 4.12. The molecule has 1 aliphatic heterocycles. The molecule has 0 aliphatic carbocycles. The van der Waals surface area contributed by atoms with E-state index in [1.54, 1.807) is 0 Å². The maximum atomic E-state index is 3.52. The molecule has 0 aromatic carbocycles. The van der Waals surface area contributed by atoms with Crippen LogP contribution >= 0.6 is 15.9 Å². The molecule has 2 nitrogen and oxygen atoms in total. The van der Waals surface area contributed by atoms with Gasteiger partial charge in [-0.1, -0.05) is 22.0 Å². The van der Waals surface area contributed by atoms with Gasteiger partial charge in [-0.25, -0.2) is 0 Å². The van der Waals surface area contributed by atoms with Crippen molar-refractivity contribution in [2.24, 2.45) is 0 Å². The van der Waals surface area contributed by atoms with Crippen molar-refractivity contribution >= 4 is 15.9 Å². The monoisotopic (exact) mass is 218 g/mol. The zero-order valence-corrected chi connectivity index (χ0v) is 8.52. The summed E-state index contributed by atoms with van der Waals surface area (Å²) < 4.78 is 1.33. The van der Waals surface area contributed by atoms with Crippen molar-refractivity contribution in [2.75, 3.05) is 33.2 Å². The van der Waals surface area contributed by atoms with Crippen LogP contribution in [0.15, 0.2) is 10.6 Å². The Morgan fingerprint density at radius 1 is 1.73 bits per heavy atom. The first-order valence-electron chi connectivity index (χ1n) is 4.04. The average molecular weight is 219 g/mol. The summed E-state index contributed by atoms with van der Waals surface area (Å²) in [6.45, 7) is 4.53. The quantitative estimate of drug-likeness (QED) is 0.767. The molecule has 0 aromatic heterocycles. The molecule has 64 valence electrons. The van der Waals surface area contributed by atoms with Gasteiger partial charge >= 0.3 is 0 Å². The number of hydrogen-bond donors (Lipinski definition) is 1. The Balaban J connectivity index is 2.21. The van der Waals surface area contributed by atoms with Gasteiger partial charge in [0.15, 0.2) is 0 Å². The van der Waals surface area contributed by atoms with Gasteiger partial charge in [0.2, 0.25) is 0 Å². The first kappa shape index (κ1) is 9.23. The summed E-state index contributed by atoms with van der Waals surface area (Å²) in [5.74, 6) is 0. The molecule has 11 heavy (non-hydrogen) atoms. The third kappa shape index (κ3) is 3.36. The van der Waals surface area contributed by atoms with Crippen LogP contribution in [0.4, 0.5) is 0 Å². The van der Waals surface area contributed by atoms with Crippen LogP contribution in [0.2, 0.25) is 0 Å². The Labute approximate surface area is 76.8 Å². The molecule has 1 N–H and O–H groups in total. The predicted molar refractivity (Wildman–Crippen MR) is 52.0 cm³/mol. The molecule has 0 fully saturated rings. The lowest BCUT2D eigenvalue weighted by atomic mass is 10.2. The molecule has 0 unspecified atom stereocenters. The zero-order chi connectivity index (χ0) is 8.10. The minimum absolute atomic E-state index is 1.08. The highest BCUT2D eigenvalue weighted by atomic mass is 79.9. The van der Waals surface area contributed by atoms with Crippen LogP contribution in [0, 0.1) is 0 Å². The van der Waals surface area contributed by atoms with Crippen molar-refractivity contribution in [1.82, 2.24) is 10.2 Å². The summed E-state index contributed by atoms with van der Waals surface area (Å²) in [5, 5.41) is 3.15. The van der Waals surface area contributed by atoms with E-state index in [0.717, 1.165) is 19.6 Å². The summed E-state index contributed by atoms with van der Waals surface area (Å²) in [6, 6.07) is 0. The molecular formula is C8H15BrN2. The molecule has 0 amide bonds. The Hall–Kier alpha value is 0.140. The summed E-state index contributed by atoms with van der Waals surface area (Å²) in [7, 11) is 1.99. The number of nitrogens with one attached hydrogen (secondary N) is 1. The van der Waals surface area contributed by atoms with E-state index in [1.165, 1.54) is 17.4 Å². The lowest BCUT2D eigenvalue weighted by Crippen LogP contribution is -2.34. The van der Waals surface area contributed by atoms with Gasteiger partial charge in [0.1, 0.15) is 0 Å². The van der Waals surface area contributed by atoms with Crippen LogP contribution in [0.5, 0.6) is 0 Å². The highest BCUT2D eigenvalue weighted by Gasteiger charge is 2.08. The van der Waals surface area contributed by atoms with Gasteiger partial charge in [-0.05, 0) is 13.5 Å². The van der Waals surface area contributed by atoms with E-state index in [1.807, 2.05) is 7.05 Å². The maximum absolute atomic E-state index is 3.52. The number of likely N-dealkylation sites (N-methyl/N-ethyl adjacent to an activating group) is 1. The number of rotatable bonds is 3. The van der Waals surface area contributed by atoms with E-state index in [9.17, 15) is 0 Å². The van der Waals surface area contributed by atoms with Crippen LogP contribution < -0.4 is 5.32 Å². The fourth-order valence-electron chi connectivity index (χ4n) is 1.22. The van der Waals surface area contributed by atoms with Crippen molar-refractivity contribution in [3.63, 3.8) is 0 Å². The molecule has 1 aliphatic rings. The Morgan fingerprint density at radius 2 is 2.55 bits per heavy atom. The Bertz CT molecular complexity index is 145. The van der Waals surface area contributed by atoms with Crippen molar-refractivity contribution in [3.05, 3.63) is 10.6 Å². The van der Waals surface area contributed by atoms with E-state index in [-0.39, 0.29) is 0 Å². The van der Waals surface area contributed by atoms with Gasteiger partial charge in [-0.2, -0.15) is 0 Å². The molecule has 0 spiro atoms. The van der Waals surface area contributed by atoms with E-state index < -0.39 is 0 Å². The van der Waals surface area contributed by atoms with Gasteiger partial charge in [0, 0.05) is 30.7 Å². The second-order valence-corrected chi connectivity index (χ2v) is 3.84. The largest absolute Gasteiger partial charge is 0.318 e. The van der Waals surface area contributed by atoms with Crippen molar-refractivity contribution in [2.45, 2.75) is 6.42 Å². The first-order chi connectivity index (χ1) is 5.33. The van der Waals surface area contributed by atoms with Gasteiger partial charge in [-0.15, -0.1) is 0 Å². The molecule has 3 heteroatoms. The van der Waals surface area contributed by atoms with Crippen LogP contribution in [0.1, 0.15) is 6.42 Å². The lowest BCUT2D eigenvalue weighted by Gasteiger charge is -2.24. The molecule has 1 heterocycles. The van der Waals surface area contributed by atoms with Crippen molar-refractivity contribution in [1.29, 1.82) is 0 Å². The van der Waals surface area contributed by atoms with Gasteiger partial charge in [-0.3, -0.25) is 4.90 Å². The standard InChI is InChI=1S/C8H15BrN2/c1-10-4-6-11-5-2-3-8(9)7-11/h3,10H,2,4-7H2,1H3. The van der Waals surface area contributed by atoms with Crippen LogP contribution in [-0.4, -0.2) is 38.1 Å². The first-order valence-corrected chi connectivity index (χ1v) is 4.83. The molecule has 0 atom stereocenters. The van der Waals surface area contributed by atoms with E-state index >= 15 is 0 Å². The SMILES string of the molecule is CNCCN1CCC=C(Br)C1. The van der Waals surface area contributed by atoms with Gasteiger partial charge < -0.3 is 5.32 Å². The number of hydrogen-bond acceptors (Lipinski definition) is 2. The molecule has 0 saturated carbocycles. The summed E-state index contributed by atoms with van der Waals surface area (Å²) >= 11 is 3.52. The highest BCUT2D eigenvalue weighted by molar-refractivity contribution is 9.11. The topological polar surface area (TPSA) is 15.3 Å². The Morgan fingerprint density at radius 3 is 3.18 bits per heavy atom. The molecule has 1 rings (SSSR count). The second-order valence-electron chi connectivity index (χ2n) is 2.82. The summed E-state index contributed by atoms with van der Waals surface area (Å²) in [5.41, 5.74) is 0. The number of nitrogens with zero attached hydrogens (tertiary/aromatic N) is 1. The molecule has 0 bridgehead atoms. The van der Waals surface area contributed by atoms with Crippen LogP contribution in [0.3, 0.4) is 0 Å². The molecular weight excluding hydrogens is 204 g/mol. The average Bonchev–Trinajstić information content (AvgIpc) is 2.01. The van der Waals surface area contributed by atoms with E-state index in [2.05, 4.69) is 32.2 Å². The van der Waals surface area contributed by atoms with Crippen molar-refractivity contribution in [3.8, 4) is 0 Å². The molecule has 0 saturated heterocycles. The third-order valence-corrected chi connectivity index (χ3v) is 2.44. The minimum atomic E-state index is 1.08. The van der Waals surface area contributed by atoms with Gasteiger partial charge in [0.05, 0.1) is 0 Å². The zero-order valence-electron chi connectivity index (χ0n) is 6.94. The fraction of sp³-hybridized carbons (Fsp3) is 0.750. The maximum Gasteiger partial charge on any atom is 0.0297 e. The summed E-state index contributed by atoms with van der Waals surface area (Å²) in [4.78, 5) is 2.45. The van der Waals surface area contributed by atoms with Crippen molar-refractivity contribution < 1.29 is 0 Å². The van der Waals surface area contributed by atoms with Crippen LogP contribution in [0.25, 0.3) is 0 Å². The summed E-state index contributed by atoms with van der Waals surface area (Å²) in [6.07, 6.45) is 3.44. The molecule has 0 aromatic rings. The smallest absolute Gasteiger partial charge is 0.0297 e.